The topological polar surface area (TPSA) is 182 Å². The van der Waals surface area contributed by atoms with E-state index in [2.05, 4.69) is 10.6 Å². The Balaban J connectivity index is 4.73. The molecule has 0 radical (unpaired) electrons. The van der Waals surface area contributed by atoms with E-state index in [1.807, 2.05) is 0 Å². The molecule has 3 atom stereocenters. The van der Waals surface area contributed by atoms with Gasteiger partial charge in [-0.25, -0.2) is 0 Å². The fourth-order valence-corrected chi connectivity index (χ4v) is 2.45. The largest absolute Gasteiger partial charge is 0.616 e. The zero-order valence-corrected chi connectivity index (χ0v) is 14.3. The first-order valence-electron chi connectivity index (χ1n) is 7.19. The summed E-state index contributed by atoms with van der Waals surface area (Å²) in [4.78, 5) is 44.8. The van der Waals surface area contributed by atoms with Gasteiger partial charge in [-0.05, 0) is 31.4 Å². The minimum absolute atomic E-state index is 0.127. The summed E-state index contributed by atoms with van der Waals surface area (Å²) in [5.74, 6) is -4.10. The Morgan fingerprint density at radius 2 is 1.79 bits per heavy atom. The molecule has 6 N–H and O–H groups in total. The van der Waals surface area contributed by atoms with Crippen LogP contribution >= 0.6 is 0 Å². The van der Waals surface area contributed by atoms with Crippen LogP contribution in [0.1, 0.15) is 26.7 Å². The number of rotatable bonds is 11. The van der Waals surface area contributed by atoms with Crippen molar-refractivity contribution in [1.82, 2.24) is 10.6 Å². The minimum Gasteiger partial charge on any atom is -0.616 e. The van der Waals surface area contributed by atoms with Gasteiger partial charge in [0.1, 0.15) is 23.6 Å². The third-order valence-corrected chi connectivity index (χ3v) is 4.64. The Hall–Kier alpha value is -1.85. The molecule has 0 saturated carbocycles. The minimum atomic E-state index is -1.41. The van der Waals surface area contributed by atoms with Crippen LogP contribution in [0.25, 0.3) is 0 Å². The first-order chi connectivity index (χ1) is 11.0. The SMILES string of the molecule is CC(C)[S+]([O-])C[C@H](NC(=O)CCC(N)C(=O)O)C(=O)NCC(=O)O. The number of carbonyl (C=O) groups excluding carboxylic acids is 2. The van der Waals surface area contributed by atoms with Crippen molar-refractivity contribution < 1.29 is 33.9 Å². The Morgan fingerprint density at radius 1 is 1.21 bits per heavy atom. The van der Waals surface area contributed by atoms with Crippen LogP contribution in [0.2, 0.25) is 0 Å². The molecule has 0 aromatic heterocycles. The van der Waals surface area contributed by atoms with Gasteiger partial charge in [0.2, 0.25) is 11.8 Å². The first kappa shape index (κ1) is 22.1. The lowest BCUT2D eigenvalue weighted by molar-refractivity contribution is -0.139. The summed E-state index contributed by atoms with van der Waals surface area (Å²) >= 11 is -1.41. The van der Waals surface area contributed by atoms with Crippen molar-refractivity contribution in [2.45, 2.75) is 44.0 Å². The van der Waals surface area contributed by atoms with Crippen LogP contribution in [-0.4, -0.2) is 68.2 Å². The molecule has 10 nitrogen and oxygen atoms in total. The van der Waals surface area contributed by atoms with Gasteiger partial charge in [-0.1, -0.05) is 0 Å². The van der Waals surface area contributed by atoms with Gasteiger partial charge in [0.15, 0.2) is 6.04 Å². The summed E-state index contributed by atoms with van der Waals surface area (Å²) in [7, 11) is 0. The lowest BCUT2D eigenvalue weighted by Gasteiger charge is -2.22. The first-order valence-corrected chi connectivity index (χ1v) is 8.57. The lowest BCUT2D eigenvalue weighted by Crippen LogP contribution is -2.52. The fourth-order valence-electron chi connectivity index (χ4n) is 1.50. The molecule has 0 aromatic carbocycles. The molecular weight excluding hydrogens is 342 g/mol. The molecule has 11 heteroatoms. The molecule has 0 heterocycles. The summed E-state index contributed by atoms with van der Waals surface area (Å²) in [6.45, 7) is 2.72. The van der Waals surface area contributed by atoms with Crippen LogP contribution < -0.4 is 16.4 Å². The van der Waals surface area contributed by atoms with E-state index in [1.165, 1.54) is 0 Å². The highest BCUT2D eigenvalue weighted by Crippen LogP contribution is 2.05. The van der Waals surface area contributed by atoms with Gasteiger partial charge < -0.3 is 31.1 Å². The van der Waals surface area contributed by atoms with Crippen molar-refractivity contribution in [3.63, 3.8) is 0 Å². The number of nitrogens with two attached hydrogens (primary N) is 1. The Kier molecular flexibility index (Phi) is 10.0. The van der Waals surface area contributed by atoms with Gasteiger partial charge in [0.25, 0.3) is 0 Å². The Morgan fingerprint density at radius 3 is 2.25 bits per heavy atom. The van der Waals surface area contributed by atoms with Gasteiger partial charge in [-0.15, -0.1) is 0 Å². The zero-order valence-electron chi connectivity index (χ0n) is 13.5. The van der Waals surface area contributed by atoms with Crippen LogP contribution in [0.4, 0.5) is 0 Å². The number of aliphatic carboxylic acids is 2. The molecule has 0 bridgehead atoms. The predicted molar refractivity (Wildman–Crippen MR) is 85.6 cm³/mol. The fraction of sp³-hybridized carbons (Fsp3) is 0.692. The maximum absolute atomic E-state index is 11.9. The van der Waals surface area contributed by atoms with Gasteiger partial charge in [0.05, 0.1) is 0 Å². The Labute approximate surface area is 142 Å². The summed E-state index contributed by atoms with van der Waals surface area (Å²) in [6, 6.07) is -2.39. The average Bonchev–Trinajstić information content (AvgIpc) is 2.48. The van der Waals surface area contributed by atoms with E-state index in [4.69, 9.17) is 15.9 Å². The second kappa shape index (κ2) is 10.8. The predicted octanol–water partition coefficient (Wildman–Crippen LogP) is -1.98. The highest BCUT2D eigenvalue weighted by molar-refractivity contribution is 7.92. The third-order valence-electron chi connectivity index (χ3n) is 2.92. The molecule has 0 fully saturated rings. The van der Waals surface area contributed by atoms with Crippen LogP contribution in [0.5, 0.6) is 0 Å². The van der Waals surface area contributed by atoms with Crippen molar-refractivity contribution in [2.24, 2.45) is 5.73 Å². The third kappa shape index (κ3) is 9.33. The van der Waals surface area contributed by atoms with Crippen molar-refractivity contribution >= 4 is 34.9 Å². The second-order valence-corrected chi connectivity index (χ2v) is 7.35. The maximum Gasteiger partial charge on any atom is 0.322 e. The quantitative estimate of drug-likeness (QED) is 0.261. The van der Waals surface area contributed by atoms with E-state index in [1.54, 1.807) is 13.8 Å². The molecule has 0 aliphatic heterocycles. The standard InChI is InChI=1S/C13H23N3O7S/c1-7(2)24(23)6-9(12(20)15-5-11(18)19)16-10(17)4-3-8(14)13(21)22/h7-9H,3-6,14H2,1-2H3,(H,15,20)(H,16,17)(H,18,19)(H,21,22)/t8?,9-,24?/m0/s1. The van der Waals surface area contributed by atoms with E-state index < -0.39 is 53.6 Å². The number of hydrogen-bond acceptors (Lipinski definition) is 6. The summed E-state index contributed by atoms with van der Waals surface area (Å²) < 4.78 is 11.9. The normalized spacial score (nSPS) is 14.5. The van der Waals surface area contributed by atoms with Crippen LogP contribution in [-0.2, 0) is 30.4 Å². The summed E-state index contributed by atoms with van der Waals surface area (Å²) in [6.07, 6.45) is -0.359. The molecule has 138 valence electrons. The van der Waals surface area contributed by atoms with Gasteiger partial charge >= 0.3 is 11.9 Å². The number of amides is 2. The lowest BCUT2D eigenvalue weighted by atomic mass is 10.1. The number of hydrogen-bond donors (Lipinski definition) is 5. The zero-order chi connectivity index (χ0) is 18.9. The van der Waals surface area contributed by atoms with E-state index in [0.29, 0.717) is 0 Å². The maximum atomic E-state index is 11.9. The molecule has 0 aromatic rings. The second-order valence-electron chi connectivity index (χ2n) is 5.31. The molecule has 24 heavy (non-hydrogen) atoms. The van der Waals surface area contributed by atoms with E-state index in [-0.39, 0.29) is 23.8 Å². The smallest absolute Gasteiger partial charge is 0.322 e. The monoisotopic (exact) mass is 365 g/mol. The van der Waals surface area contributed by atoms with Crippen LogP contribution in [0.15, 0.2) is 0 Å². The molecule has 0 saturated heterocycles. The Bertz CT molecular complexity index is 472. The highest BCUT2D eigenvalue weighted by Gasteiger charge is 2.28. The van der Waals surface area contributed by atoms with Crippen LogP contribution in [0, 0.1) is 0 Å². The van der Waals surface area contributed by atoms with Crippen molar-refractivity contribution in [1.29, 1.82) is 0 Å². The summed E-state index contributed by atoms with van der Waals surface area (Å²) in [5.41, 5.74) is 5.28. The van der Waals surface area contributed by atoms with Gasteiger partial charge in [0, 0.05) is 6.42 Å². The number of nitrogens with one attached hydrogen (secondary N) is 2. The molecule has 0 rings (SSSR count). The van der Waals surface area contributed by atoms with Crippen molar-refractivity contribution in [3.8, 4) is 0 Å². The van der Waals surface area contributed by atoms with Crippen molar-refractivity contribution in [2.75, 3.05) is 12.3 Å². The van der Waals surface area contributed by atoms with Crippen LogP contribution in [0.3, 0.4) is 0 Å². The molecule has 0 spiro atoms. The van der Waals surface area contributed by atoms with E-state index >= 15 is 0 Å². The number of carboxylic acids is 2. The number of carbonyl (C=O) groups is 4. The van der Waals surface area contributed by atoms with Crippen molar-refractivity contribution in [3.05, 3.63) is 0 Å². The summed E-state index contributed by atoms with van der Waals surface area (Å²) in [5, 5.41) is 21.4. The van der Waals surface area contributed by atoms with Gasteiger partial charge in [-0.3, -0.25) is 19.2 Å². The molecule has 0 aliphatic carbocycles. The number of carboxylic acid groups (broad SMARTS) is 2. The van der Waals surface area contributed by atoms with Gasteiger partial charge in [-0.2, -0.15) is 0 Å². The molecule has 2 unspecified atom stereocenters. The molecule has 2 amide bonds. The molecule has 0 aliphatic rings. The average molecular weight is 365 g/mol. The highest BCUT2D eigenvalue weighted by atomic mass is 32.2. The molecular formula is C13H23N3O7S. The van der Waals surface area contributed by atoms with E-state index in [9.17, 15) is 23.7 Å². The van der Waals surface area contributed by atoms with E-state index in [0.717, 1.165) is 0 Å².